The number of aliphatic hydroxyl groups is 2. The quantitative estimate of drug-likeness (QED) is 0.686. The fourth-order valence-corrected chi connectivity index (χ4v) is 2.31. The van der Waals surface area contributed by atoms with Crippen LogP contribution in [-0.2, 0) is 18.5 Å². The van der Waals surface area contributed by atoms with E-state index in [-0.39, 0.29) is 23.8 Å². The van der Waals surface area contributed by atoms with Gasteiger partial charge in [-0.05, 0) is 23.8 Å². The number of hydrogen-bond donors (Lipinski definition) is 2. The Morgan fingerprint density at radius 3 is 1.45 bits per heavy atom. The summed E-state index contributed by atoms with van der Waals surface area (Å²) in [5.41, 5.74) is -4.42. The van der Waals surface area contributed by atoms with E-state index in [2.05, 4.69) is 9.97 Å². The molecule has 0 aliphatic carbocycles. The highest BCUT2D eigenvalue weighted by molar-refractivity contribution is 5.35. The Labute approximate surface area is 156 Å². The third-order valence-corrected chi connectivity index (χ3v) is 3.75. The Morgan fingerprint density at radius 1 is 0.655 bits per heavy atom. The van der Waals surface area contributed by atoms with E-state index in [1.807, 2.05) is 0 Å². The molecule has 0 saturated carbocycles. The maximum absolute atomic E-state index is 12.9. The second kappa shape index (κ2) is 7.78. The van der Waals surface area contributed by atoms with Crippen molar-refractivity contribution in [1.82, 2.24) is 9.97 Å². The van der Waals surface area contributed by atoms with Crippen LogP contribution in [0.15, 0.2) is 30.6 Å². The first kappa shape index (κ1) is 22.9. The molecule has 29 heavy (non-hydrogen) atoms. The zero-order valence-corrected chi connectivity index (χ0v) is 13.9. The van der Waals surface area contributed by atoms with E-state index in [0.29, 0.717) is 12.4 Å². The van der Waals surface area contributed by atoms with Crippen molar-refractivity contribution < 1.29 is 49.7 Å². The summed E-state index contributed by atoms with van der Waals surface area (Å²) in [6.45, 7) is 0. The Kier molecular flexibility index (Phi) is 6.14. The summed E-state index contributed by atoms with van der Waals surface area (Å²) < 4.78 is 114. The van der Waals surface area contributed by atoms with Crippen LogP contribution in [0.2, 0.25) is 0 Å². The Hall–Kier alpha value is -2.41. The van der Waals surface area contributed by atoms with E-state index < -0.39 is 59.7 Å². The molecule has 0 fully saturated rings. The first-order valence-corrected chi connectivity index (χ1v) is 7.63. The monoisotopic (exact) mass is 434 g/mol. The van der Waals surface area contributed by atoms with E-state index in [1.165, 1.54) is 0 Å². The van der Waals surface area contributed by atoms with Crippen molar-refractivity contribution in [3.8, 4) is 0 Å². The van der Waals surface area contributed by atoms with Crippen LogP contribution in [0.1, 0.15) is 46.7 Å². The molecule has 2 rings (SSSR count). The molecule has 0 radical (unpaired) electrons. The lowest BCUT2D eigenvalue weighted by Crippen LogP contribution is -2.15. The molecule has 0 aliphatic rings. The second-order valence-electron chi connectivity index (χ2n) is 5.94. The van der Waals surface area contributed by atoms with Gasteiger partial charge in [-0.2, -0.15) is 39.5 Å². The first-order valence-electron chi connectivity index (χ1n) is 7.63. The molecule has 0 bridgehead atoms. The Morgan fingerprint density at radius 2 is 1.07 bits per heavy atom. The standard InChI is InChI=1S/C16H11F9N2O2/c17-14(18,19)9-1-7(2-10(3-9)15(20,21)22)11(28)4-12(29)8-5-26-13(27-6-8)16(23,24)25/h1-3,5-6,11-12,28-29H,4H2. The zero-order valence-electron chi connectivity index (χ0n) is 13.9. The predicted molar refractivity (Wildman–Crippen MR) is 78.0 cm³/mol. The summed E-state index contributed by atoms with van der Waals surface area (Å²) in [6, 6.07) is 0.447. The molecule has 0 amide bonds. The normalized spacial score (nSPS) is 15.3. The molecular formula is C16H11F9N2O2. The van der Waals surface area contributed by atoms with Crippen molar-refractivity contribution >= 4 is 0 Å². The van der Waals surface area contributed by atoms with Gasteiger partial charge in [0.05, 0.1) is 23.3 Å². The summed E-state index contributed by atoms with van der Waals surface area (Å²) in [6.07, 6.45) is -18.5. The zero-order chi connectivity index (χ0) is 22.2. The summed E-state index contributed by atoms with van der Waals surface area (Å²) >= 11 is 0. The van der Waals surface area contributed by atoms with Crippen LogP contribution in [0.4, 0.5) is 39.5 Å². The van der Waals surface area contributed by atoms with Gasteiger partial charge in [0.1, 0.15) is 0 Å². The van der Waals surface area contributed by atoms with Gasteiger partial charge in [-0.25, -0.2) is 9.97 Å². The summed E-state index contributed by atoms with van der Waals surface area (Å²) in [5.74, 6) is -1.51. The van der Waals surface area contributed by atoms with Gasteiger partial charge < -0.3 is 10.2 Å². The minimum Gasteiger partial charge on any atom is -0.388 e. The van der Waals surface area contributed by atoms with Gasteiger partial charge in [0.25, 0.3) is 0 Å². The largest absolute Gasteiger partial charge is 0.451 e. The van der Waals surface area contributed by atoms with E-state index in [1.54, 1.807) is 0 Å². The van der Waals surface area contributed by atoms with E-state index in [0.717, 1.165) is 0 Å². The number of aromatic nitrogens is 2. The van der Waals surface area contributed by atoms with Crippen molar-refractivity contribution in [2.45, 2.75) is 37.2 Å². The van der Waals surface area contributed by atoms with Crippen LogP contribution in [0.25, 0.3) is 0 Å². The summed E-state index contributed by atoms with van der Waals surface area (Å²) in [4.78, 5) is 5.94. The highest BCUT2D eigenvalue weighted by atomic mass is 19.4. The van der Waals surface area contributed by atoms with Crippen molar-refractivity contribution in [3.63, 3.8) is 0 Å². The van der Waals surface area contributed by atoms with Gasteiger partial charge in [0.15, 0.2) is 0 Å². The smallest absolute Gasteiger partial charge is 0.388 e. The van der Waals surface area contributed by atoms with Crippen molar-refractivity contribution in [1.29, 1.82) is 0 Å². The lowest BCUT2D eigenvalue weighted by Gasteiger charge is -2.19. The fraction of sp³-hybridized carbons (Fsp3) is 0.375. The first-order chi connectivity index (χ1) is 13.1. The molecule has 0 saturated heterocycles. The van der Waals surface area contributed by atoms with Crippen LogP contribution in [0.5, 0.6) is 0 Å². The minimum atomic E-state index is -5.13. The molecule has 2 N–H and O–H groups in total. The van der Waals surface area contributed by atoms with E-state index in [4.69, 9.17) is 0 Å². The van der Waals surface area contributed by atoms with Crippen LogP contribution in [0, 0.1) is 0 Å². The van der Waals surface area contributed by atoms with Crippen LogP contribution in [-0.4, -0.2) is 20.2 Å². The number of aliphatic hydroxyl groups excluding tert-OH is 2. The van der Waals surface area contributed by atoms with Crippen molar-refractivity contribution in [3.05, 3.63) is 58.7 Å². The van der Waals surface area contributed by atoms with E-state index >= 15 is 0 Å². The number of halogens is 9. The average Bonchev–Trinajstić information content (AvgIpc) is 2.59. The molecule has 160 valence electrons. The molecule has 2 unspecified atom stereocenters. The molecule has 2 aromatic rings. The highest BCUT2D eigenvalue weighted by Gasteiger charge is 2.38. The fourth-order valence-electron chi connectivity index (χ4n) is 2.31. The van der Waals surface area contributed by atoms with Crippen molar-refractivity contribution in [2.75, 3.05) is 0 Å². The second-order valence-corrected chi connectivity index (χ2v) is 5.94. The lowest BCUT2D eigenvalue weighted by molar-refractivity contribution is -0.145. The number of nitrogens with zero attached hydrogens (tertiary/aromatic N) is 2. The van der Waals surface area contributed by atoms with Crippen molar-refractivity contribution in [2.24, 2.45) is 0 Å². The molecular weight excluding hydrogens is 423 g/mol. The number of alkyl halides is 9. The maximum Gasteiger partial charge on any atom is 0.451 e. The Balaban J connectivity index is 2.28. The number of benzene rings is 1. The highest BCUT2D eigenvalue weighted by Crippen LogP contribution is 2.38. The molecule has 1 aromatic carbocycles. The SMILES string of the molecule is OC(CC(O)c1cc(C(F)(F)F)cc(C(F)(F)F)c1)c1cnc(C(F)(F)F)nc1. The van der Waals surface area contributed by atoms with Gasteiger partial charge in [-0.1, -0.05) is 0 Å². The molecule has 2 atom stereocenters. The molecule has 4 nitrogen and oxygen atoms in total. The predicted octanol–water partition coefficient (Wildman–Crippen LogP) is 4.69. The van der Waals surface area contributed by atoms with E-state index in [9.17, 15) is 49.7 Å². The topological polar surface area (TPSA) is 66.2 Å². The molecule has 1 aromatic heterocycles. The summed E-state index contributed by atoms with van der Waals surface area (Å²) in [5, 5.41) is 19.9. The lowest BCUT2D eigenvalue weighted by atomic mass is 9.96. The van der Waals surface area contributed by atoms with Crippen LogP contribution < -0.4 is 0 Å². The van der Waals surface area contributed by atoms with Gasteiger partial charge >= 0.3 is 18.5 Å². The molecule has 0 aliphatic heterocycles. The van der Waals surface area contributed by atoms with Gasteiger partial charge in [0.2, 0.25) is 5.82 Å². The molecule has 13 heteroatoms. The van der Waals surface area contributed by atoms with Gasteiger partial charge in [-0.15, -0.1) is 0 Å². The molecule has 0 spiro atoms. The van der Waals surface area contributed by atoms with Crippen LogP contribution >= 0.6 is 0 Å². The average molecular weight is 434 g/mol. The number of rotatable bonds is 4. The molecule has 1 heterocycles. The third kappa shape index (κ3) is 5.79. The van der Waals surface area contributed by atoms with Gasteiger partial charge in [0, 0.05) is 24.4 Å². The van der Waals surface area contributed by atoms with Crippen LogP contribution in [0.3, 0.4) is 0 Å². The minimum absolute atomic E-state index is 0.129. The van der Waals surface area contributed by atoms with Gasteiger partial charge in [-0.3, -0.25) is 0 Å². The Bertz CT molecular complexity index is 813. The number of hydrogen-bond acceptors (Lipinski definition) is 4. The summed E-state index contributed by atoms with van der Waals surface area (Å²) in [7, 11) is 0. The maximum atomic E-state index is 12.9. The third-order valence-electron chi connectivity index (χ3n) is 3.75.